The smallest absolute Gasteiger partial charge is 0.410 e. The molecule has 0 atom stereocenters. The molecular weight excluding hydrogens is 324 g/mol. The molecule has 2 aromatic rings. The number of carbonyl (C=O) groups excluding carboxylic acids is 2. The Morgan fingerprint density at radius 2 is 2.16 bits per heavy atom. The number of nitrogens with zero attached hydrogens (tertiary/aromatic N) is 3. The van der Waals surface area contributed by atoms with Gasteiger partial charge in [-0.1, -0.05) is 18.2 Å². The lowest BCUT2D eigenvalue weighted by molar-refractivity contribution is -0.116. The number of cyclic esters (lactones) is 1. The van der Waals surface area contributed by atoms with Gasteiger partial charge in [-0.15, -0.1) is 0 Å². The van der Waals surface area contributed by atoms with Crippen molar-refractivity contribution in [2.75, 3.05) is 32.1 Å². The number of anilines is 1. The third-order valence-corrected chi connectivity index (χ3v) is 4.04. The number of ether oxygens (including phenoxy) is 2. The highest BCUT2D eigenvalue weighted by atomic mass is 16.6. The van der Waals surface area contributed by atoms with Crippen LogP contribution in [-0.4, -0.2) is 53.5 Å². The Bertz CT molecular complexity index is 815. The summed E-state index contributed by atoms with van der Waals surface area (Å²) in [6.07, 6.45) is -0.471. The van der Waals surface area contributed by atoms with Crippen molar-refractivity contribution in [1.82, 2.24) is 14.7 Å². The molecule has 2 amide bonds. The van der Waals surface area contributed by atoms with Gasteiger partial charge < -0.3 is 14.8 Å². The molecule has 25 heavy (non-hydrogen) atoms. The highest BCUT2D eigenvalue weighted by molar-refractivity contribution is 5.97. The first kappa shape index (κ1) is 16.8. The van der Waals surface area contributed by atoms with E-state index >= 15 is 0 Å². The molecule has 1 fully saturated rings. The lowest BCUT2D eigenvalue weighted by Crippen LogP contribution is -2.34. The van der Waals surface area contributed by atoms with E-state index in [-0.39, 0.29) is 12.5 Å². The molecule has 0 spiro atoms. The summed E-state index contributed by atoms with van der Waals surface area (Å²) < 4.78 is 11.9. The molecule has 1 saturated heterocycles. The average molecular weight is 344 g/mol. The van der Waals surface area contributed by atoms with Crippen molar-refractivity contribution in [3.63, 3.8) is 0 Å². The summed E-state index contributed by atoms with van der Waals surface area (Å²) in [7, 11) is 3.35. The standard InChI is InChI=1S/C17H20N4O4/c1-11-15(12-6-4-5-7-13(12)24-3)16(20(2)19-11)18-14(22)10-21-8-9-25-17(21)23/h4-7H,8-10H2,1-3H3,(H,18,22). The minimum atomic E-state index is -0.471. The summed E-state index contributed by atoms with van der Waals surface area (Å²) in [5, 5.41) is 7.26. The lowest BCUT2D eigenvalue weighted by Gasteiger charge is -2.14. The van der Waals surface area contributed by atoms with Crippen LogP contribution in [0.15, 0.2) is 24.3 Å². The highest BCUT2D eigenvalue weighted by Gasteiger charge is 2.26. The minimum absolute atomic E-state index is 0.0611. The van der Waals surface area contributed by atoms with E-state index in [9.17, 15) is 9.59 Å². The van der Waals surface area contributed by atoms with E-state index in [1.165, 1.54) is 4.90 Å². The van der Waals surface area contributed by atoms with Crippen molar-refractivity contribution in [2.45, 2.75) is 6.92 Å². The fourth-order valence-corrected chi connectivity index (χ4v) is 2.89. The maximum Gasteiger partial charge on any atom is 0.410 e. The van der Waals surface area contributed by atoms with Crippen molar-refractivity contribution in [3.05, 3.63) is 30.0 Å². The SMILES string of the molecule is COc1ccccc1-c1c(C)nn(C)c1NC(=O)CN1CCOC1=O. The molecule has 0 unspecified atom stereocenters. The van der Waals surface area contributed by atoms with Crippen molar-refractivity contribution >= 4 is 17.8 Å². The molecule has 8 nitrogen and oxygen atoms in total. The van der Waals surface area contributed by atoms with E-state index in [4.69, 9.17) is 9.47 Å². The van der Waals surface area contributed by atoms with Crippen LogP contribution >= 0.6 is 0 Å². The Kier molecular flexibility index (Phi) is 4.60. The molecule has 0 saturated carbocycles. The van der Waals surface area contributed by atoms with Gasteiger partial charge in [-0.2, -0.15) is 5.10 Å². The van der Waals surface area contributed by atoms with Crippen molar-refractivity contribution in [1.29, 1.82) is 0 Å². The zero-order chi connectivity index (χ0) is 18.0. The Balaban J connectivity index is 1.89. The van der Waals surface area contributed by atoms with Crippen molar-refractivity contribution in [2.24, 2.45) is 7.05 Å². The first-order chi connectivity index (χ1) is 12.0. The second-order valence-electron chi connectivity index (χ2n) is 5.72. The summed E-state index contributed by atoms with van der Waals surface area (Å²) in [6.45, 7) is 2.53. The molecule has 1 aliphatic heterocycles. The first-order valence-corrected chi connectivity index (χ1v) is 7.89. The quantitative estimate of drug-likeness (QED) is 0.894. The molecule has 8 heteroatoms. The zero-order valence-electron chi connectivity index (χ0n) is 14.4. The van der Waals surface area contributed by atoms with E-state index < -0.39 is 6.09 Å². The van der Waals surface area contributed by atoms with Gasteiger partial charge in [0.05, 0.1) is 24.9 Å². The molecule has 0 aliphatic carbocycles. The number of nitrogens with one attached hydrogen (secondary N) is 1. The topological polar surface area (TPSA) is 85.7 Å². The third-order valence-electron chi connectivity index (χ3n) is 4.04. The summed E-state index contributed by atoms with van der Waals surface area (Å²) in [6, 6.07) is 7.55. The molecule has 0 bridgehead atoms. The normalized spacial score (nSPS) is 13.7. The van der Waals surface area contributed by atoms with Crippen LogP contribution in [0, 0.1) is 6.92 Å². The van der Waals surface area contributed by atoms with E-state index in [2.05, 4.69) is 10.4 Å². The number of para-hydroxylation sites is 1. The summed E-state index contributed by atoms with van der Waals surface area (Å²) in [4.78, 5) is 25.2. The molecule has 132 valence electrons. The van der Waals surface area contributed by atoms with Crippen LogP contribution in [0.1, 0.15) is 5.69 Å². The second kappa shape index (κ2) is 6.84. The van der Waals surface area contributed by atoms with Gasteiger partial charge in [0.1, 0.15) is 24.7 Å². The average Bonchev–Trinajstić information content (AvgIpc) is 3.10. The van der Waals surface area contributed by atoms with Crippen molar-refractivity contribution in [3.8, 4) is 16.9 Å². The van der Waals surface area contributed by atoms with Crippen LogP contribution < -0.4 is 10.1 Å². The largest absolute Gasteiger partial charge is 0.496 e. The molecule has 1 aromatic heterocycles. The predicted molar refractivity (Wildman–Crippen MR) is 91.5 cm³/mol. The summed E-state index contributed by atoms with van der Waals surface area (Å²) in [5.74, 6) is 0.940. The number of carbonyl (C=O) groups is 2. The number of aromatic nitrogens is 2. The van der Waals surface area contributed by atoms with Crippen molar-refractivity contribution < 1.29 is 19.1 Å². The molecule has 2 heterocycles. The molecule has 1 N–H and O–H groups in total. The number of hydrogen-bond acceptors (Lipinski definition) is 5. The molecular formula is C17H20N4O4. The minimum Gasteiger partial charge on any atom is -0.496 e. The van der Waals surface area contributed by atoms with Gasteiger partial charge in [-0.25, -0.2) is 4.79 Å². The molecule has 0 radical (unpaired) electrons. The Hall–Kier alpha value is -3.03. The summed E-state index contributed by atoms with van der Waals surface area (Å²) in [5.41, 5.74) is 2.40. The van der Waals surface area contributed by atoms with E-state index in [0.717, 1.165) is 16.8 Å². The van der Waals surface area contributed by atoms with Gasteiger partial charge in [0.15, 0.2) is 0 Å². The predicted octanol–water partition coefficient (Wildman–Crippen LogP) is 1.79. The van der Waals surface area contributed by atoms with Crippen LogP contribution in [0.5, 0.6) is 5.75 Å². The van der Waals surface area contributed by atoms with E-state index in [0.29, 0.717) is 24.7 Å². The van der Waals surface area contributed by atoms with Gasteiger partial charge in [0.25, 0.3) is 0 Å². The fourth-order valence-electron chi connectivity index (χ4n) is 2.89. The van der Waals surface area contributed by atoms with Crippen LogP contribution in [0.4, 0.5) is 10.6 Å². The van der Waals surface area contributed by atoms with Gasteiger partial charge in [0.2, 0.25) is 5.91 Å². The van der Waals surface area contributed by atoms with E-state index in [1.54, 1.807) is 18.8 Å². The van der Waals surface area contributed by atoms with Gasteiger partial charge in [-0.05, 0) is 13.0 Å². The molecule has 1 aromatic carbocycles. The number of rotatable bonds is 5. The number of benzene rings is 1. The molecule has 3 rings (SSSR count). The van der Waals surface area contributed by atoms with Gasteiger partial charge in [0, 0.05) is 12.6 Å². The van der Waals surface area contributed by atoms with E-state index in [1.807, 2.05) is 31.2 Å². The number of amides is 2. The fraction of sp³-hybridized carbons (Fsp3) is 0.353. The van der Waals surface area contributed by atoms with Crippen LogP contribution in [0.3, 0.4) is 0 Å². The van der Waals surface area contributed by atoms with Gasteiger partial charge in [-0.3, -0.25) is 14.4 Å². The highest BCUT2D eigenvalue weighted by Crippen LogP contribution is 2.37. The Morgan fingerprint density at radius 3 is 2.84 bits per heavy atom. The lowest BCUT2D eigenvalue weighted by atomic mass is 10.0. The van der Waals surface area contributed by atoms with Gasteiger partial charge >= 0.3 is 6.09 Å². The van der Waals surface area contributed by atoms with Crippen LogP contribution in [0.2, 0.25) is 0 Å². The van der Waals surface area contributed by atoms with Crippen LogP contribution in [-0.2, 0) is 16.6 Å². The Morgan fingerprint density at radius 1 is 1.40 bits per heavy atom. The number of hydrogen-bond donors (Lipinski definition) is 1. The first-order valence-electron chi connectivity index (χ1n) is 7.89. The molecule has 1 aliphatic rings. The number of methoxy groups -OCH3 is 1. The maximum atomic E-state index is 12.4. The number of aryl methyl sites for hydroxylation is 2. The summed E-state index contributed by atoms with van der Waals surface area (Å²) >= 11 is 0. The maximum absolute atomic E-state index is 12.4. The monoisotopic (exact) mass is 344 g/mol. The zero-order valence-corrected chi connectivity index (χ0v) is 14.4. The second-order valence-corrected chi connectivity index (χ2v) is 5.72. The third kappa shape index (κ3) is 3.28. The Labute approximate surface area is 145 Å². The van der Waals surface area contributed by atoms with Crippen LogP contribution in [0.25, 0.3) is 11.1 Å².